The number of aryl methyl sites for hydroxylation is 1. The molecule has 0 aliphatic heterocycles. The maximum Gasteiger partial charge on any atom is 0.251 e. The van der Waals surface area contributed by atoms with Gasteiger partial charge in [0.2, 0.25) is 0 Å². The molecule has 0 saturated heterocycles. The Balaban J connectivity index is 0.000000351. The number of nitrogen functional groups attached to an aromatic ring is 1. The minimum atomic E-state index is -0.0997. The summed E-state index contributed by atoms with van der Waals surface area (Å²) in [5, 5.41) is 0.765. The lowest BCUT2D eigenvalue weighted by Gasteiger charge is -2.21. The van der Waals surface area contributed by atoms with Crippen molar-refractivity contribution in [3.05, 3.63) is 63.9 Å². The molecule has 1 aromatic heterocycles. The van der Waals surface area contributed by atoms with Crippen LogP contribution in [0.15, 0.2) is 47.3 Å². The Bertz CT molecular complexity index is 1060. The van der Waals surface area contributed by atoms with Gasteiger partial charge >= 0.3 is 0 Å². The van der Waals surface area contributed by atoms with Crippen LogP contribution in [0.3, 0.4) is 0 Å². The Kier molecular flexibility index (Phi) is 6.79. The lowest BCUT2D eigenvalue weighted by molar-refractivity contribution is 0.104. The fourth-order valence-electron chi connectivity index (χ4n) is 3.08. The summed E-state index contributed by atoms with van der Waals surface area (Å²) >= 11 is 0. The highest BCUT2D eigenvalue weighted by Crippen LogP contribution is 2.40. The van der Waals surface area contributed by atoms with Crippen LogP contribution >= 0.6 is 0 Å². The molecule has 0 amide bonds. The molecule has 0 spiro atoms. The molecule has 0 bridgehead atoms. The van der Waals surface area contributed by atoms with Crippen molar-refractivity contribution < 1.29 is 4.79 Å². The van der Waals surface area contributed by atoms with Crippen molar-refractivity contribution in [2.45, 2.75) is 41.0 Å². The normalized spacial score (nSPS) is 11.3. The summed E-state index contributed by atoms with van der Waals surface area (Å²) in [6.07, 6.45) is 1.25. The van der Waals surface area contributed by atoms with Gasteiger partial charge in [-0.05, 0) is 29.2 Å². The van der Waals surface area contributed by atoms with Crippen LogP contribution in [-0.4, -0.2) is 10.4 Å². The van der Waals surface area contributed by atoms with E-state index in [1.807, 2.05) is 18.2 Å². The van der Waals surface area contributed by atoms with Gasteiger partial charge in [-0.25, -0.2) is 0 Å². The summed E-state index contributed by atoms with van der Waals surface area (Å²) in [6.45, 7) is 10.8. The van der Waals surface area contributed by atoms with E-state index in [-0.39, 0.29) is 11.3 Å². The van der Waals surface area contributed by atoms with Gasteiger partial charge in [0.1, 0.15) is 0 Å². The van der Waals surface area contributed by atoms with Crippen LogP contribution in [0.5, 0.6) is 0 Å². The fraction of sp³-hybridized carbons (Fsp3) is 0.333. The third-order valence-electron chi connectivity index (χ3n) is 4.13. The van der Waals surface area contributed by atoms with Gasteiger partial charge in [-0.3, -0.25) is 9.59 Å². The SMILES string of the molecule is CC(C)C.CCC.Cn1c(=O)cc2c3c(c(N)ccc31)C(=O)c1ccccc1-2. The molecular formula is C24H30N2O2. The van der Waals surface area contributed by atoms with E-state index < -0.39 is 0 Å². The summed E-state index contributed by atoms with van der Waals surface area (Å²) < 4.78 is 1.54. The van der Waals surface area contributed by atoms with E-state index in [0.29, 0.717) is 16.8 Å². The zero-order valence-corrected chi connectivity index (χ0v) is 17.7. The standard InChI is InChI=1S/C17H12N2O2.C4H10.C3H8/c1-19-13-7-6-12(18)16-15(13)11(8-14(19)20)9-4-2-3-5-10(9)17(16)21;1-4(2)3;1-3-2/h2-8H,18H2,1H3;4H,1-3H3;3H2,1-2H3. The first-order valence-corrected chi connectivity index (χ1v) is 9.80. The first-order valence-electron chi connectivity index (χ1n) is 9.80. The number of nitrogens with zero attached hydrogens (tertiary/aromatic N) is 1. The molecule has 4 rings (SSSR count). The second-order valence-electron chi connectivity index (χ2n) is 7.69. The number of benzene rings is 2. The molecule has 1 aliphatic rings. The van der Waals surface area contributed by atoms with Gasteiger partial charge in [0, 0.05) is 29.8 Å². The van der Waals surface area contributed by atoms with E-state index in [9.17, 15) is 9.59 Å². The zero-order chi connectivity index (χ0) is 21.0. The molecule has 1 heterocycles. The predicted octanol–water partition coefficient (Wildman–Crippen LogP) is 5.41. The van der Waals surface area contributed by atoms with Gasteiger partial charge in [-0.1, -0.05) is 65.3 Å². The van der Waals surface area contributed by atoms with Crippen molar-refractivity contribution in [1.29, 1.82) is 0 Å². The number of nitrogens with two attached hydrogens (primary N) is 1. The molecular weight excluding hydrogens is 348 g/mol. The zero-order valence-electron chi connectivity index (χ0n) is 17.7. The number of anilines is 1. The highest BCUT2D eigenvalue weighted by Gasteiger charge is 2.27. The minimum Gasteiger partial charge on any atom is -0.398 e. The van der Waals surface area contributed by atoms with Crippen molar-refractivity contribution in [2.24, 2.45) is 13.0 Å². The van der Waals surface area contributed by atoms with Crippen molar-refractivity contribution in [3.8, 4) is 11.1 Å². The number of hydrogen-bond donors (Lipinski definition) is 1. The van der Waals surface area contributed by atoms with Crippen molar-refractivity contribution in [1.82, 2.24) is 4.57 Å². The molecule has 0 radical (unpaired) electrons. The maximum absolute atomic E-state index is 12.7. The van der Waals surface area contributed by atoms with E-state index in [0.717, 1.165) is 27.9 Å². The largest absolute Gasteiger partial charge is 0.398 e. The molecule has 0 saturated carbocycles. The van der Waals surface area contributed by atoms with Crippen LogP contribution in [0.4, 0.5) is 5.69 Å². The molecule has 0 unspecified atom stereocenters. The molecule has 1 aliphatic carbocycles. The minimum absolute atomic E-state index is 0.0835. The van der Waals surface area contributed by atoms with Crippen molar-refractivity contribution in [3.63, 3.8) is 0 Å². The highest BCUT2D eigenvalue weighted by molar-refractivity contribution is 6.27. The lowest BCUT2D eigenvalue weighted by atomic mass is 9.83. The summed E-state index contributed by atoms with van der Waals surface area (Å²) in [6, 6.07) is 12.4. The van der Waals surface area contributed by atoms with Gasteiger partial charge in [0.25, 0.3) is 5.56 Å². The first-order chi connectivity index (χ1) is 13.2. The third kappa shape index (κ3) is 4.01. The van der Waals surface area contributed by atoms with Gasteiger partial charge < -0.3 is 10.3 Å². The topological polar surface area (TPSA) is 65.1 Å². The molecule has 28 heavy (non-hydrogen) atoms. The third-order valence-corrected chi connectivity index (χ3v) is 4.13. The van der Waals surface area contributed by atoms with Gasteiger partial charge in [-0.2, -0.15) is 0 Å². The van der Waals surface area contributed by atoms with Crippen LogP contribution in [0.1, 0.15) is 57.0 Å². The Morgan fingerprint density at radius 3 is 2.04 bits per heavy atom. The number of carbonyl (C=O) groups excluding carboxylic acids is 1. The van der Waals surface area contributed by atoms with Crippen LogP contribution < -0.4 is 11.3 Å². The highest BCUT2D eigenvalue weighted by atomic mass is 16.1. The average Bonchev–Trinajstić information content (AvgIpc) is 2.64. The maximum atomic E-state index is 12.7. The second-order valence-corrected chi connectivity index (χ2v) is 7.69. The molecule has 2 N–H and O–H groups in total. The molecule has 4 heteroatoms. The Morgan fingerprint density at radius 1 is 0.929 bits per heavy atom. The Hall–Kier alpha value is -2.88. The molecule has 4 nitrogen and oxygen atoms in total. The van der Waals surface area contributed by atoms with Gasteiger partial charge in [-0.15, -0.1) is 0 Å². The first kappa shape index (κ1) is 21.4. The number of fused-ring (bicyclic) bond motifs is 2. The van der Waals surface area contributed by atoms with E-state index in [2.05, 4.69) is 34.6 Å². The monoisotopic (exact) mass is 378 g/mol. The van der Waals surface area contributed by atoms with Crippen LogP contribution in [0.2, 0.25) is 0 Å². The van der Waals surface area contributed by atoms with E-state index in [1.165, 1.54) is 6.42 Å². The quantitative estimate of drug-likeness (QED) is 0.416. The predicted molar refractivity (Wildman–Crippen MR) is 119 cm³/mol. The molecule has 0 atom stereocenters. The number of aromatic nitrogens is 1. The molecule has 2 aromatic carbocycles. The van der Waals surface area contributed by atoms with Gasteiger partial charge in [0.15, 0.2) is 5.78 Å². The van der Waals surface area contributed by atoms with Gasteiger partial charge in [0.05, 0.1) is 11.1 Å². The summed E-state index contributed by atoms with van der Waals surface area (Å²) in [5.41, 5.74) is 9.77. The van der Waals surface area contributed by atoms with E-state index in [4.69, 9.17) is 5.73 Å². The van der Waals surface area contributed by atoms with Crippen molar-refractivity contribution in [2.75, 3.05) is 5.73 Å². The second kappa shape index (κ2) is 8.87. The Morgan fingerprint density at radius 2 is 1.46 bits per heavy atom. The lowest BCUT2D eigenvalue weighted by Crippen LogP contribution is -2.21. The number of ketones is 1. The fourth-order valence-corrected chi connectivity index (χ4v) is 3.08. The number of rotatable bonds is 0. The summed E-state index contributed by atoms with van der Waals surface area (Å²) in [7, 11) is 1.70. The number of carbonyl (C=O) groups is 1. The van der Waals surface area contributed by atoms with Crippen molar-refractivity contribution >= 4 is 22.4 Å². The van der Waals surface area contributed by atoms with Crippen LogP contribution in [0.25, 0.3) is 22.0 Å². The Labute approximate surface area is 167 Å². The average molecular weight is 379 g/mol. The molecule has 0 fully saturated rings. The van der Waals surface area contributed by atoms with E-state index >= 15 is 0 Å². The van der Waals surface area contributed by atoms with Crippen LogP contribution in [-0.2, 0) is 7.05 Å². The molecule has 148 valence electrons. The molecule has 3 aromatic rings. The van der Waals surface area contributed by atoms with E-state index in [1.54, 1.807) is 35.9 Å². The smallest absolute Gasteiger partial charge is 0.251 e. The van der Waals surface area contributed by atoms with Crippen LogP contribution in [0, 0.1) is 5.92 Å². The summed E-state index contributed by atoms with van der Waals surface area (Å²) in [4.78, 5) is 24.9. The number of pyridine rings is 1. The number of hydrogen-bond acceptors (Lipinski definition) is 3. The summed E-state index contributed by atoms with van der Waals surface area (Å²) in [5.74, 6) is 0.750.